The molecule has 1 aromatic carbocycles. The molecule has 1 fully saturated rings. The third-order valence-corrected chi connectivity index (χ3v) is 4.55. The molecule has 3 nitrogen and oxygen atoms in total. The Morgan fingerprint density at radius 3 is 2.53 bits per heavy atom. The Morgan fingerprint density at radius 1 is 1.26 bits per heavy atom. The van der Waals surface area contributed by atoms with Crippen LogP contribution in [0.2, 0.25) is 0 Å². The van der Waals surface area contributed by atoms with Crippen LogP contribution in [0.5, 0.6) is 5.75 Å². The molecule has 0 aromatic heterocycles. The number of piperidine rings is 1. The molecule has 0 atom stereocenters. The van der Waals surface area contributed by atoms with Crippen LogP contribution >= 0.6 is 0 Å². The Labute approximate surface area is 116 Å². The quantitative estimate of drug-likeness (QED) is 0.846. The number of hydrogen-bond donors (Lipinski definition) is 1. The topological polar surface area (TPSA) is 38.5 Å². The van der Waals surface area contributed by atoms with Gasteiger partial charge in [0.05, 0.1) is 7.11 Å². The van der Waals surface area contributed by atoms with Crippen molar-refractivity contribution in [3.63, 3.8) is 0 Å². The van der Waals surface area contributed by atoms with E-state index in [1.807, 2.05) is 6.07 Å². The number of anilines is 1. The minimum Gasteiger partial charge on any atom is -0.497 e. The second-order valence-electron chi connectivity index (χ2n) is 6.05. The van der Waals surface area contributed by atoms with E-state index in [1.54, 1.807) is 7.11 Å². The molecule has 2 rings (SSSR count). The average Bonchev–Trinajstić information content (AvgIpc) is 2.41. The van der Waals surface area contributed by atoms with E-state index in [0.717, 1.165) is 18.0 Å². The Morgan fingerprint density at radius 2 is 1.95 bits per heavy atom. The molecule has 2 N–H and O–H groups in total. The summed E-state index contributed by atoms with van der Waals surface area (Å²) >= 11 is 0. The first-order valence-corrected chi connectivity index (χ1v) is 7.20. The summed E-state index contributed by atoms with van der Waals surface area (Å²) in [6.45, 7) is 8.05. The van der Waals surface area contributed by atoms with Gasteiger partial charge in [0.2, 0.25) is 0 Å². The second kappa shape index (κ2) is 5.83. The Hall–Kier alpha value is -1.22. The minimum atomic E-state index is 0.546. The lowest BCUT2D eigenvalue weighted by molar-refractivity contribution is 0.109. The van der Waals surface area contributed by atoms with Crippen molar-refractivity contribution in [2.45, 2.75) is 39.7 Å². The van der Waals surface area contributed by atoms with Gasteiger partial charge in [0.1, 0.15) is 5.75 Å². The lowest BCUT2D eigenvalue weighted by atomic mass is 9.78. The van der Waals surface area contributed by atoms with Crippen molar-refractivity contribution in [1.29, 1.82) is 0 Å². The molecule has 0 radical (unpaired) electrons. The summed E-state index contributed by atoms with van der Waals surface area (Å²) in [7, 11) is 1.69. The summed E-state index contributed by atoms with van der Waals surface area (Å²) in [5.74, 6) is 0.852. The van der Waals surface area contributed by atoms with Gasteiger partial charge in [-0.2, -0.15) is 0 Å². The number of nitrogen functional groups attached to an aromatic ring is 1. The summed E-state index contributed by atoms with van der Waals surface area (Å²) < 4.78 is 5.28. The zero-order valence-corrected chi connectivity index (χ0v) is 12.4. The van der Waals surface area contributed by atoms with Crippen molar-refractivity contribution in [3.05, 3.63) is 23.8 Å². The molecule has 19 heavy (non-hydrogen) atoms. The third-order valence-electron chi connectivity index (χ3n) is 4.55. The van der Waals surface area contributed by atoms with Gasteiger partial charge < -0.3 is 10.5 Å². The van der Waals surface area contributed by atoms with Crippen molar-refractivity contribution in [1.82, 2.24) is 4.90 Å². The van der Waals surface area contributed by atoms with Gasteiger partial charge in [0.25, 0.3) is 0 Å². The highest BCUT2D eigenvalue weighted by Gasteiger charge is 2.28. The molecule has 0 bridgehead atoms. The maximum Gasteiger partial charge on any atom is 0.121 e. The van der Waals surface area contributed by atoms with Gasteiger partial charge in [-0.05, 0) is 49.0 Å². The summed E-state index contributed by atoms with van der Waals surface area (Å²) in [6.07, 6.45) is 3.87. The highest BCUT2D eigenvalue weighted by atomic mass is 16.5. The van der Waals surface area contributed by atoms with Crippen LogP contribution in [0.25, 0.3) is 0 Å². The van der Waals surface area contributed by atoms with Crippen molar-refractivity contribution in [2.75, 3.05) is 25.9 Å². The smallest absolute Gasteiger partial charge is 0.121 e. The van der Waals surface area contributed by atoms with E-state index in [2.05, 4.69) is 30.9 Å². The number of nitrogens with zero attached hydrogens (tertiary/aromatic N) is 1. The molecule has 0 amide bonds. The highest BCUT2D eigenvalue weighted by Crippen LogP contribution is 2.34. The van der Waals surface area contributed by atoms with Gasteiger partial charge in [-0.3, -0.25) is 4.90 Å². The van der Waals surface area contributed by atoms with Crippen LogP contribution in [0.1, 0.15) is 38.7 Å². The maximum atomic E-state index is 5.91. The molecule has 3 heteroatoms. The van der Waals surface area contributed by atoms with E-state index in [1.165, 1.54) is 37.9 Å². The number of nitrogens with two attached hydrogens (primary N) is 1. The maximum absolute atomic E-state index is 5.91. The number of hydrogen-bond acceptors (Lipinski definition) is 3. The molecular weight excluding hydrogens is 236 g/mol. The Kier molecular flexibility index (Phi) is 4.35. The fourth-order valence-electron chi connectivity index (χ4n) is 2.76. The van der Waals surface area contributed by atoms with Gasteiger partial charge in [0, 0.05) is 18.3 Å². The standard InChI is InChI=1S/C16H26N2O/c1-4-16(2)5-7-18(8-6-16)12-13-9-14(17)11-15(10-13)19-3/h9-11H,4-8,12,17H2,1-3H3. The van der Waals surface area contributed by atoms with Gasteiger partial charge in [-0.1, -0.05) is 20.3 Å². The van der Waals surface area contributed by atoms with Gasteiger partial charge >= 0.3 is 0 Å². The molecule has 1 aromatic rings. The van der Waals surface area contributed by atoms with E-state index >= 15 is 0 Å². The van der Waals surface area contributed by atoms with Crippen LogP contribution in [-0.2, 0) is 6.54 Å². The number of benzene rings is 1. The summed E-state index contributed by atoms with van der Waals surface area (Å²) in [5, 5.41) is 0. The first-order valence-electron chi connectivity index (χ1n) is 7.20. The van der Waals surface area contributed by atoms with Crippen LogP contribution in [0.4, 0.5) is 5.69 Å². The third kappa shape index (κ3) is 3.63. The highest BCUT2D eigenvalue weighted by molar-refractivity contribution is 5.47. The zero-order chi connectivity index (χ0) is 13.9. The largest absolute Gasteiger partial charge is 0.497 e. The molecule has 1 saturated heterocycles. The molecular formula is C16H26N2O. The van der Waals surface area contributed by atoms with Crippen molar-refractivity contribution < 1.29 is 4.74 Å². The average molecular weight is 262 g/mol. The number of rotatable bonds is 4. The van der Waals surface area contributed by atoms with Crippen molar-refractivity contribution in [3.8, 4) is 5.75 Å². The lowest BCUT2D eigenvalue weighted by Crippen LogP contribution is -2.37. The van der Waals surface area contributed by atoms with Crippen LogP contribution in [0, 0.1) is 5.41 Å². The molecule has 1 aliphatic rings. The molecule has 106 valence electrons. The van der Waals surface area contributed by atoms with E-state index in [4.69, 9.17) is 10.5 Å². The number of methoxy groups -OCH3 is 1. The monoisotopic (exact) mass is 262 g/mol. The van der Waals surface area contributed by atoms with Crippen molar-refractivity contribution in [2.24, 2.45) is 5.41 Å². The normalized spacial score (nSPS) is 19.3. The summed E-state index contributed by atoms with van der Waals surface area (Å²) in [6, 6.07) is 6.01. The van der Waals surface area contributed by atoms with Gasteiger partial charge in [0.15, 0.2) is 0 Å². The van der Waals surface area contributed by atoms with E-state index in [9.17, 15) is 0 Å². The molecule has 1 aliphatic heterocycles. The molecule has 1 heterocycles. The summed E-state index contributed by atoms with van der Waals surface area (Å²) in [5.41, 5.74) is 8.48. The first-order chi connectivity index (χ1) is 9.04. The minimum absolute atomic E-state index is 0.546. The number of likely N-dealkylation sites (tertiary alicyclic amines) is 1. The zero-order valence-electron chi connectivity index (χ0n) is 12.4. The van der Waals surface area contributed by atoms with E-state index in [0.29, 0.717) is 5.41 Å². The lowest BCUT2D eigenvalue weighted by Gasteiger charge is -2.39. The Balaban J connectivity index is 1.97. The van der Waals surface area contributed by atoms with E-state index in [-0.39, 0.29) is 0 Å². The van der Waals surface area contributed by atoms with Crippen LogP contribution in [0.3, 0.4) is 0 Å². The van der Waals surface area contributed by atoms with Crippen LogP contribution < -0.4 is 10.5 Å². The molecule has 0 saturated carbocycles. The molecule has 0 aliphatic carbocycles. The Bertz CT molecular complexity index is 423. The molecule has 0 spiro atoms. The molecule has 0 unspecified atom stereocenters. The second-order valence-corrected chi connectivity index (χ2v) is 6.05. The predicted octanol–water partition coefficient (Wildman–Crippen LogP) is 3.29. The van der Waals surface area contributed by atoms with Crippen LogP contribution in [0.15, 0.2) is 18.2 Å². The summed E-state index contributed by atoms with van der Waals surface area (Å²) in [4.78, 5) is 2.52. The number of ether oxygens (including phenoxy) is 1. The van der Waals surface area contributed by atoms with Crippen molar-refractivity contribution >= 4 is 5.69 Å². The predicted molar refractivity (Wildman–Crippen MR) is 80.3 cm³/mol. The van der Waals surface area contributed by atoms with Crippen LogP contribution in [-0.4, -0.2) is 25.1 Å². The fourth-order valence-corrected chi connectivity index (χ4v) is 2.76. The fraction of sp³-hybridized carbons (Fsp3) is 0.625. The SMILES string of the molecule is CCC1(C)CCN(Cc2cc(N)cc(OC)c2)CC1. The van der Waals surface area contributed by atoms with Gasteiger partial charge in [-0.15, -0.1) is 0 Å². The van der Waals surface area contributed by atoms with Gasteiger partial charge in [-0.25, -0.2) is 0 Å². The van der Waals surface area contributed by atoms with E-state index < -0.39 is 0 Å². The first kappa shape index (κ1) is 14.2.